The molecular formula is C26H35FN4O5. The van der Waals surface area contributed by atoms with Gasteiger partial charge in [-0.3, -0.25) is 24.1 Å². The molecule has 3 heterocycles. The molecule has 0 radical (unpaired) electrons. The molecule has 0 bridgehead atoms. The first-order valence-corrected chi connectivity index (χ1v) is 12.7. The van der Waals surface area contributed by atoms with E-state index in [2.05, 4.69) is 0 Å². The van der Waals surface area contributed by atoms with Gasteiger partial charge in [-0.05, 0) is 30.2 Å². The number of carbonyl (C=O) groups is 4. The van der Waals surface area contributed by atoms with Crippen LogP contribution in [0.15, 0.2) is 24.3 Å². The van der Waals surface area contributed by atoms with Crippen molar-refractivity contribution in [3.05, 3.63) is 35.6 Å². The largest absolute Gasteiger partial charge is 0.353 e. The topological polar surface area (TPSA) is 90.5 Å². The fourth-order valence-corrected chi connectivity index (χ4v) is 5.32. The molecule has 1 spiro atoms. The highest BCUT2D eigenvalue weighted by Gasteiger charge is 2.55. The first-order chi connectivity index (χ1) is 17.1. The molecule has 3 saturated heterocycles. The molecule has 196 valence electrons. The van der Waals surface area contributed by atoms with Gasteiger partial charge >= 0.3 is 0 Å². The van der Waals surface area contributed by atoms with Crippen LogP contribution in [-0.2, 0) is 19.1 Å². The minimum absolute atomic E-state index is 0.0304. The number of carbonyl (C=O) groups excluding carboxylic acids is 4. The lowest BCUT2D eigenvalue weighted by Crippen LogP contribution is -2.61. The zero-order chi connectivity index (χ0) is 26.0. The summed E-state index contributed by atoms with van der Waals surface area (Å²) in [5, 5.41) is 0. The summed E-state index contributed by atoms with van der Waals surface area (Å²) < 4.78 is 19.8. The van der Waals surface area contributed by atoms with E-state index < -0.39 is 23.5 Å². The van der Waals surface area contributed by atoms with Crippen LogP contribution in [0.4, 0.5) is 4.39 Å². The van der Waals surface area contributed by atoms with Gasteiger partial charge in [0.25, 0.3) is 5.91 Å². The molecule has 36 heavy (non-hydrogen) atoms. The van der Waals surface area contributed by atoms with Crippen LogP contribution in [0.2, 0.25) is 0 Å². The molecule has 0 saturated carbocycles. The van der Waals surface area contributed by atoms with E-state index in [0.29, 0.717) is 58.5 Å². The number of likely N-dealkylation sites (tertiary alicyclic amines) is 1. The van der Waals surface area contributed by atoms with E-state index in [1.807, 2.05) is 13.8 Å². The van der Waals surface area contributed by atoms with Crippen LogP contribution in [0, 0.1) is 11.7 Å². The van der Waals surface area contributed by atoms with Gasteiger partial charge in [-0.1, -0.05) is 13.8 Å². The number of rotatable bonds is 4. The lowest BCUT2D eigenvalue weighted by molar-refractivity contribution is -0.146. The number of nitrogens with zero attached hydrogens (tertiary/aromatic N) is 4. The van der Waals surface area contributed by atoms with Crippen LogP contribution in [-0.4, -0.2) is 101 Å². The summed E-state index contributed by atoms with van der Waals surface area (Å²) in [6, 6.07) is 4.45. The Bertz CT molecular complexity index is 998. The fourth-order valence-electron chi connectivity index (χ4n) is 5.32. The maximum absolute atomic E-state index is 13.8. The van der Waals surface area contributed by atoms with Crippen molar-refractivity contribution in [2.75, 3.05) is 45.9 Å². The Labute approximate surface area is 211 Å². The second-order valence-electron chi connectivity index (χ2n) is 10.3. The minimum atomic E-state index is -1.01. The lowest BCUT2D eigenvalue weighted by atomic mass is 9.95. The van der Waals surface area contributed by atoms with Crippen LogP contribution in [0.25, 0.3) is 0 Å². The highest BCUT2D eigenvalue weighted by molar-refractivity contribution is 5.98. The van der Waals surface area contributed by atoms with Gasteiger partial charge in [-0.2, -0.15) is 0 Å². The van der Waals surface area contributed by atoms with E-state index in [0.717, 1.165) is 0 Å². The molecule has 0 aliphatic carbocycles. The summed E-state index contributed by atoms with van der Waals surface area (Å²) in [4.78, 5) is 58.4. The van der Waals surface area contributed by atoms with Gasteiger partial charge in [0.15, 0.2) is 0 Å². The monoisotopic (exact) mass is 502 g/mol. The van der Waals surface area contributed by atoms with Crippen LogP contribution < -0.4 is 0 Å². The van der Waals surface area contributed by atoms with Gasteiger partial charge in [0.05, 0.1) is 6.61 Å². The predicted molar refractivity (Wildman–Crippen MR) is 129 cm³/mol. The number of piperazine rings is 1. The van der Waals surface area contributed by atoms with Crippen molar-refractivity contribution in [1.82, 2.24) is 19.6 Å². The smallest absolute Gasteiger partial charge is 0.256 e. The number of hydrogen-bond acceptors (Lipinski definition) is 5. The average Bonchev–Trinajstić information content (AvgIpc) is 3.22. The minimum Gasteiger partial charge on any atom is -0.353 e. The summed E-state index contributed by atoms with van der Waals surface area (Å²) >= 11 is 0. The molecule has 3 aliphatic heterocycles. The molecule has 4 rings (SSSR count). The second kappa shape index (κ2) is 10.5. The molecule has 10 heteroatoms. The first-order valence-electron chi connectivity index (χ1n) is 12.7. The van der Waals surface area contributed by atoms with Gasteiger partial charge in [0.1, 0.15) is 17.6 Å². The number of amides is 4. The summed E-state index contributed by atoms with van der Waals surface area (Å²) in [6.07, 6.45) is 1.25. The third kappa shape index (κ3) is 5.23. The Morgan fingerprint density at radius 3 is 2.08 bits per heavy atom. The molecule has 9 nitrogen and oxygen atoms in total. The number of halogens is 1. The van der Waals surface area contributed by atoms with Crippen molar-refractivity contribution in [1.29, 1.82) is 0 Å². The molecule has 1 aromatic carbocycles. The van der Waals surface area contributed by atoms with E-state index >= 15 is 0 Å². The van der Waals surface area contributed by atoms with Gasteiger partial charge in [-0.15, -0.1) is 0 Å². The van der Waals surface area contributed by atoms with Crippen molar-refractivity contribution in [2.24, 2.45) is 5.92 Å². The Morgan fingerprint density at radius 2 is 1.53 bits per heavy atom. The zero-order valence-corrected chi connectivity index (χ0v) is 21.2. The Hall–Kier alpha value is -3.01. The standard InChI is InChI=1S/C26H35FN4O5/c1-18(2)16-23(33)29-10-8-26(9-11-29)31(24(34)20-4-6-21(27)7-5-20)22(17-36-26)25(35)30-14-12-28(13-15-30)19(3)32/h4-7,18,22H,8-17H2,1-3H3/t22-/m1/s1. The van der Waals surface area contributed by atoms with Crippen molar-refractivity contribution < 1.29 is 28.3 Å². The van der Waals surface area contributed by atoms with E-state index in [-0.39, 0.29) is 35.8 Å². The quantitative estimate of drug-likeness (QED) is 0.626. The second-order valence-corrected chi connectivity index (χ2v) is 10.3. The number of hydrogen-bond donors (Lipinski definition) is 0. The molecule has 3 aliphatic rings. The first kappa shape index (κ1) is 26.1. The van der Waals surface area contributed by atoms with Crippen molar-refractivity contribution >= 4 is 23.6 Å². The maximum atomic E-state index is 13.8. The molecule has 1 aromatic rings. The number of benzene rings is 1. The highest BCUT2D eigenvalue weighted by atomic mass is 19.1. The SMILES string of the molecule is CC(=O)N1CCN(C(=O)[C@H]2COC3(CCN(C(=O)CC(C)C)CC3)N2C(=O)c2ccc(F)cc2)CC1. The fraction of sp³-hybridized carbons (Fsp3) is 0.615. The van der Waals surface area contributed by atoms with Crippen molar-refractivity contribution in [2.45, 2.75) is 51.8 Å². The molecule has 0 N–H and O–H groups in total. The normalized spacial score (nSPS) is 21.9. The summed E-state index contributed by atoms with van der Waals surface area (Å²) in [5.74, 6) is -0.772. The summed E-state index contributed by atoms with van der Waals surface area (Å²) in [7, 11) is 0. The number of piperidine rings is 1. The maximum Gasteiger partial charge on any atom is 0.256 e. The van der Waals surface area contributed by atoms with E-state index in [1.54, 1.807) is 14.7 Å². The van der Waals surface area contributed by atoms with E-state index in [4.69, 9.17) is 4.74 Å². The van der Waals surface area contributed by atoms with Crippen LogP contribution in [0.3, 0.4) is 0 Å². The molecule has 0 aromatic heterocycles. The average molecular weight is 503 g/mol. The predicted octanol–water partition coefficient (Wildman–Crippen LogP) is 1.72. The Kier molecular flexibility index (Phi) is 7.63. The number of ether oxygens (including phenoxy) is 1. The van der Waals surface area contributed by atoms with Crippen LogP contribution in [0.5, 0.6) is 0 Å². The van der Waals surface area contributed by atoms with Crippen molar-refractivity contribution in [3.63, 3.8) is 0 Å². The van der Waals surface area contributed by atoms with Gasteiger partial charge in [0.2, 0.25) is 17.7 Å². The lowest BCUT2D eigenvalue weighted by Gasteiger charge is -2.45. The van der Waals surface area contributed by atoms with Gasteiger partial charge in [0, 0.05) is 71.0 Å². The van der Waals surface area contributed by atoms with Crippen molar-refractivity contribution in [3.8, 4) is 0 Å². The third-order valence-electron chi connectivity index (χ3n) is 7.37. The van der Waals surface area contributed by atoms with Gasteiger partial charge in [-0.25, -0.2) is 4.39 Å². The molecule has 0 unspecified atom stereocenters. The molecular weight excluding hydrogens is 467 g/mol. The van der Waals surface area contributed by atoms with Crippen LogP contribution >= 0.6 is 0 Å². The van der Waals surface area contributed by atoms with Crippen LogP contribution in [0.1, 0.15) is 50.4 Å². The van der Waals surface area contributed by atoms with Gasteiger partial charge < -0.3 is 19.4 Å². The molecule has 1 atom stereocenters. The Balaban J connectivity index is 1.56. The molecule has 4 amide bonds. The highest BCUT2D eigenvalue weighted by Crippen LogP contribution is 2.39. The zero-order valence-electron chi connectivity index (χ0n) is 21.2. The molecule has 3 fully saturated rings. The summed E-state index contributed by atoms with van der Waals surface area (Å²) in [5.41, 5.74) is -0.736. The van der Waals surface area contributed by atoms with E-state index in [1.165, 1.54) is 36.1 Å². The third-order valence-corrected chi connectivity index (χ3v) is 7.37. The van der Waals surface area contributed by atoms with E-state index in [9.17, 15) is 23.6 Å². The summed E-state index contributed by atoms with van der Waals surface area (Å²) in [6.45, 7) is 8.07. The Morgan fingerprint density at radius 1 is 0.944 bits per heavy atom.